The number of benzene rings is 1. The summed E-state index contributed by atoms with van der Waals surface area (Å²) in [4.78, 5) is 29.9. The first kappa shape index (κ1) is 23.4. The number of carbonyl (C=O) groups excluding carboxylic acids is 2. The normalized spacial score (nSPS) is 13.8. The van der Waals surface area contributed by atoms with Gasteiger partial charge in [-0.15, -0.1) is 5.10 Å². The zero-order valence-corrected chi connectivity index (χ0v) is 19.9. The van der Waals surface area contributed by atoms with Gasteiger partial charge in [0.1, 0.15) is 11.9 Å². The van der Waals surface area contributed by atoms with Crippen LogP contribution >= 0.6 is 23.2 Å². The molecular weight excluding hydrogens is 495 g/mol. The van der Waals surface area contributed by atoms with Gasteiger partial charge in [0, 0.05) is 23.3 Å². The predicted octanol–water partition coefficient (Wildman–Crippen LogP) is 3.31. The first-order chi connectivity index (χ1) is 15.6. The number of esters is 1. The second kappa shape index (κ2) is 8.88. The molecular formula is C20H18Cl2N4O6S. The second-order valence-corrected chi connectivity index (χ2v) is 10.2. The Morgan fingerprint density at radius 2 is 2.00 bits per heavy atom. The van der Waals surface area contributed by atoms with Crippen LogP contribution in [0.5, 0.6) is 0 Å². The van der Waals surface area contributed by atoms with Crippen molar-refractivity contribution < 1.29 is 27.3 Å². The zero-order chi connectivity index (χ0) is 23.9. The molecule has 3 aromatic rings. The Morgan fingerprint density at radius 3 is 2.61 bits per heavy atom. The lowest BCUT2D eigenvalue weighted by atomic mass is 9.95. The molecule has 0 atom stereocenters. The Hall–Kier alpha value is -2.76. The Labute approximate surface area is 198 Å². The monoisotopic (exact) mass is 512 g/mol. The smallest absolute Gasteiger partial charge is 0.361 e. The summed E-state index contributed by atoms with van der Waals surface area (Å²) in [6, 6.07) is 2.93. The minimum atomic E-state index is -3.62. The van der Waals surface area contributed by atoms with Gasteiger partial charge in [-0.25, -0.2) is 22.9 Å². The quantitative estimate of drug-likeness (QED) is 0.328. The lowest BCUT2D eigenvalue weighted by Gasteiger charge is -2.12. The number of nitrogens with zero attached hydrogens (tertiary/aromatic N) is 4. The molecule has 0 amide bonds. The molecule has 1 aromatic carbocycles. The van der Waals surface area contributed by atoms with Crippen molar-refractivity contribution in [2.45, 2.75) is 37.4 Å². The van der Waals surface area contributed by atoms with Crippen LogP contribution in [0.15, 0.2) is 28.1 Å². The number of hydrogen-bond acceptors (Lipinski definition) is 9. The van der Waals surface area contributed by atoms with Crippen LogP contribution in [0.25, 0.3) is 0 Å². The third-order valence-electron chi connectivity index (χ3n) is 4.97. The van der Waals surface area contributed by atoms with Crippen LogP contribution in [0, 0.1) is 0 Å². The van der Waals surface area contributed by atoms with Crippen LogP contribution in [0.2, 0.25) is 10.0 Å². The third kappa shape index (κ3) is 4.66. The summed E-state index contributed by atoms with van der Waals surface area (Å²) in [6.45, 7) is 1.65. The zero-order valence-electron chi connectivity index (χ0n) is 17.5. The Kier molecular flexibility index (Phi) is 6.30. The van der Waals surface area contributed by atoms with Crippen LogP contribution < -0.4 is 0 Å². The van der Waals surface area contributed by atoms with E-state index in [1.165, 1.54) is 23.1 Å². The van der Waals surface area contributed by atoms with Gasteiger partial charge in [-0.2, -0.15) is 0 Å². The minimum absolute atomic E-state index is 0.0153. The topological polar surface area (TPSA) is 134 Å². The molecule has 1 fully saturated rings. The van der Waals surface area contributed by atoms with E-state index < -0.39 is 21.6 Å². The second-order valence-electron chi connectivity index (χ2n) is 7.48. The first-order valence-electron chi connectivity index (χ1n) is 9.89. The maximum absolute atomic E-state index is 13.7. The van der Waals surface area contributed by atoms with Crippen molar-refractivity contribution in [1.82, 2.24) is 19.9 Å². The van der Waals surface area contributed by atoms with E-state index >= 15 is 0 Å². The maximum atomic E-state index is 13.7. The standard InChI is InChI=1S/C20H18Cl2N4O6S/c1-3-31-19(28)16-14(18(32-25-16)10-4-5-10)17(27)11-6-7-13(21)15(22)12(11)8-26-9-23-20(24-26)33(2,29)30/h6-7,9-10H,3-5,8H2,1-2H3. The van der Waals surface area contributed by atoms with Crippen LogP contribution in [0.3, 0.4) is 0 Å². The van der Waals surface area contributed by atoms with Gasteiger partial charge < -0.3 is 9.26 Å². The summed E-state index contributed by atoms with van der Waals surface area (Å²) in [5.41, 5.74) is 0.222. The van der Waals surface area contributed by atoms with Crippen molar-refractivity contribution in [1.29, 1.82) is 0 Å². The summed E-state index contributed by atoms with van der Waals surface area (Å²) in [5, 5.41) is 7.64. The molecule has 1 aliphatic carbocycles. The largest absolute Gasteiger partial charge is 0.461 e. The number of ether oxygens (including phenoxy) is 1. The van der Waals surface area contributed by atoms with E-state index in [1.807, 2.05) is 0 Å². The minimum Gasteiger partial charge on any atom is -0.461 e. The van der Waals surface area contributed by atoms with Crippen molar-refractivity contribution in [2.24, 2.45) is 0 Å². The molecule has 2 heterocycles. The Balaban J connectivity index is 1.80. The number of aromatic nitrogens is 4. The van der Waals surface area contributed by atoms with E-state index in [-0.39, 0.29) is 56.7 Å². The highest BCUT2D eigenvalue weighted by atomic mass is 35.5. The molecule has 0 N–H and O–H groups in total. The van der Waals surface area contributed by atoms with Crippen molar-refractivity contribution >= 4 is 44.8 Å². The predicted molar refractivity (Wildman–Crippen MR) is 117 cm³/mol. The molecule has 0 unspecified atom stereocenters. The van der Waals surface area contributed by atoms with E-state index in [0.717, 1.165) is 19.1 Å². The summed E-state index contributed by atoms with van der Waals surface area (Å²) >= 11 is 12.6. The fourth-order valence-electron chi connectivity index (χ4n) is 3.27. The van der Waals surface area contributed by atoms with Crippen LogP contribution in [-0.2, 0) is 21.1 Å². The van der Waals surface area contributed by atoms with Crippen molar-refractivity contribution in [3.05, 3.63) is 56.6 Å². The van der Waals surface area contributed by atoms with Crippen molar-refractivity contribution in [2.75, 3.05) is 12.9 Å². The van der Waals surface area contributed by atoms with Gasteiger partial charge >= 0.3 is 5.97 Å². The molecule has 1 aliphatic rings. The average molecular weight is 513 g/mol. The summed E-state index contributed by atoms with van der Waals surface area (Å²) in [6.07, 6.45) is 3.80. The molecule has 2 aromatic heterocycles. The molecule has 4 rings (SSSR count). The highest BCUT2D eigenvalue weighted by Gasteiger charge is 2.38. The number of ketones is 1. The molecule has 0 bridgehead atoms. The van der Waals surface area contributed by atoms with E-state index in [9.17, 15) is 18.0 Å². The van der Waals surface area contributed by atoms with Gasteiger partial charge in [0.2, 0.25) is 15.5 Å². The van der Waals surface area contributed by atoms with Gasteiger partial charge in [-0.1, -0.05) is 28.4 Å². The molecule has 0 saturated heterocycles. The van der Waals surface area contributed by atoms with Gasteiger partial charge in [-0.3, -0.25) is 4.79 Å². The lowest BCUT2D eigenvalue weighted by molar-refractivity contribution is 0.0512. The third-order valence-corrected chi connectivity index (χ3v) is 6.66. The molecule has 10 nitrogen and oxygen atoms in total. The van der Waals surface area contributed by atoms with Gasteiger partial charge in [0.15, 0.2) is 11.5 Å². The maximum Gasteiger partial charge on any atom is 0.361 e. The summed E-state index contributed by atoms with van der Waals surface area (Å²) < 4.78 is 35.0. The number of carbonyl (C=O) groups is 2. The molecule has 0 radical (unpaired) electrons. The molecule has 13 heteroatoms. The SMILES string of the molecule is CCOC(=O)c1noc(C2CC2)c1C(=O)c1ccc(Cl)c(Cl)c1Cn1cnc(S(C)(=O)=O)n1. The molecule has 33 heavy (non-hydrogen) atoms. The van der Waals surface area contributed by atoms with Gasteiger partial charge in [0.05, 0.1) is 23.2 Å². The van der Waals surface area contributed by atoms with E-state index in [1.54, 1.807) is 6.92 Å². The first-order valence-corrected chi connectivity index (χ1v) is 12.5. The summed E-state index contributed by atoms with van der Waals surface area (Å²) in [5.74, 6) is -1.01. The van der Waals surface area contributed by atoms with Crippen LogP contribution in [-0.4, -0.2) is 53.0 Å². The van der Waals surface area contributed by atoms with Crippen molar-refractivity contribution in [3.63, 3.8) is 0 Å². The molecule has 1 saturated carbocycles. The fourth-order valence-corrected chi connectivity index (χ4v) is 4.16. The molecule has 0 aliphatic heterocycles. The van der Waals surface area contributed by atoms with Crippen LogP contribution in [0.1, 0.15) is 63.4 Å². The van der Waals surface area contributed by atoms with E-state index in [4.69, 9.17) is 32.5 Å². The Bertz CT molecular complexity index is 1360. The molecule has 174 valence electrons. The number of sulfone groups is 1. The average Bonchev–Trinajstić information content (AvgIpc) is 3.31. The lowest BCUT2D eigenvalue weighted by Crippen LogP contribution is -2.16. The van der Waals surface area contributed by atoms with Crippen LogP contribution in [0.4, 0.5) is 0 Å². The molecule has 0 spiro atoms. The fraction of sp³-hybridized carbons (Fsp3) is 0.350. The van der Waals surface area contributed by atoms with Crippen molar-refractivity contribution in [3.8, 4) is 0 Å². The Morgan fingerprint density at radius 1 is 1.27 bits per heavy atom. The van der Waals surface area contributed by atoms with Gasteiger partial charge in [-0.05, 0) is 31.9 Å². The van der Waals surface area contributed by atoms with E-state index in [2.05, 4.69) is 15.2 Å². The van der Waals surface area contributed by atoms with E-state index in [0.29, 0.717) is 5.76 Å². The summed E-state index contributed by atoms with van der Waals surface area (Å²) in [7, 11) is -3.62. The number of rotatable bonds is 8. The highest BCUT2D eigenvalue weighted by Crippen LogP contribution is 2.43. The highest BCUT2D eigenvalue weighted by molar-refractivity contribution is 7.90. The number of halogens is 2. The van der Waals surface area contributed by atoms with Gasteiger partial charge in [0.25, 0.3) is 5.16 Å². The number of hydrogen-bond donors (Lipinski definition) is 0.